The highest BCUT2D eigenvalue weighted by molar-refractivity contribution is 5.81. The zero-order chi connectivity index (χ0) is 14.7. The third-order valence-corrected chi connectivity index (χ3v) is 2.90. The van der Waals surface area contributed by atoms with Crippen molar-refractivity contribution in [3.05, 3.63) is 0 Å². The molecular formula is C12H21N7O. The minimum Gasteiger partial charge on any atom is -0.357 e. The Hall–Kier alpha value is -2.12. The van der Waals surface area contributed by atoms with Gasteiger partial charge in [0.05, 0.1) is 6.54 Å². The maximum Gasteiger partial charge on any atom is 0.239 e. The fourth-order valence-corrected chi connectivity index (χ4v) is 1.62. The predicted molar refractivity (Wildman–Crippen MR) is 78.1 cm³/mol. The van der Waals surface area contributed by atoms with Gasteiger partial charge >= 0.3 is 0 Å². The minimum atomic E-state index is -0.00665. The Labute approximate surface area is 118 Å². The first kappa shape index (κ1) is 14.3. The van der Waals surface area contributed by atoms with Crippen LogP contribution in [0.25, 0.3) is 0 Å². The molecule has 0 atom stereocenters. The van der Waals surface area contributed by atoms with Gasteiger partial charge in [-0.3, -0.25) is 4.79 Å². The van der Waals surface area contributed by atoms with Crippen LogP contribution in [-0.2, 0) is 4.79 Å². The van der Waals surface area contributed by atoms with Crippen molar-refractivity contribution >= 4 is 23.8 Å². The van der Waals surface area contributed by atoms with E-state index in [1.54, 1.807) is 23.9 Å². The number of rotatable bonds is 6. The van der Waals surface area contributed by atoms with Gasteiger partial charge in [0, 0.05) is 34.2 Å². The van der Waals surface area contributed by atoms with Gasteiger partial charge in [-0.1, -0.05) is 0 Å². The molecule has 1 amide bonds. The maximum absolute atomic E-state index is 11.8. The summed E-state index contributed by atoms with van der Waals surface area (Å²) in [5.41, 5.74) is 0. The molecule has 0 bridgehead atoms. The quantitative estimate of drug-likeness (QED) is 0.739. The number of likely N-dealkylation sites (N-methyl/N-ethyl adjacent to an activating group) is 1. The maximum atomic E-state index is 11.8. The molecule has 1 fully saturated rings. The van der Waals surface area contributed by atoms with Gasteiger partial charge in [-0.05, 0) is 12.8 Å². The van der Waals surface area contributed by atoms with Gasteiger partial charge < -0.3 is 20.4 Å². The monoisotopic (exact) mass is 279 g/mol. The van der Waals surface area contributed by atoms with Crippen molar-refractivity contribution in [3.8, 4) is 0 Å². The molecule has 8 heteroatoms. The van der Waals surface area contributed by atoms with E-state index < -0.39 is 0 Å². The van der Waals surface area contributed by atoms with Crippen molar-refractivity contribution in [3.63, 3.8) is 0 Å². The van der Waals surface area contributed by atoms with Crippen molar-refractivity contribution in [2.45, 2.75) is 18.9 Å². The Morgan fingerprint density at radius 3 is 2.40 bits per heavy atom. The van der Waals surface area contributed by atoms with E-state index in [4.69, 9.17) is 0 Å². The van der Waals surface area contributed by atoms with Gasteiger partial charge in [0.1, 0.15) is 0 Å². The van der Waals surface area contributed by atoms with Gasteiger partial charge in [-0.15, -0.1) is 0 Å². The number of amides is 1. The average Bonchev–Trinajstić information content (AvgIpc) is 3.21. The molecule has 1 heterocycles. The van der Waals surface area contributed by atoms with E-state index in [2.05, 4.69) is 25.6 Å². The fourth-order valence-electron chi connectivity index (χ4n) is 1.62. The molecule has 0 saturated heterocycles. The average molecular weight is 279 g/mol. The van der Waals surface area contributed by atoms with Crippen LogP contribution in [0, 0.1) is 0 Å². The molecule has 8 nitrogen and oxygen atoms in total. The second kappa shape index (κ2) is 5.89. The molecule has 0 aromatic carbocycles. The molecular weight excluding hydrogens is 258 g/mol. The van der Waals surface area contributed by atoms with Crippen LogP contribution in [0.5, 0.6) is 0 Å². The summed E-state index contributed by atoms with van der Waals surface area (Å²) in [4.78, 5) is 28.2. The highest BCUT2D eigenvalue weighted by Gasteiger charge is 2.24. The molecule has 1 aromatic heterocycles. The van der Waals surface area contributed by atoms with Crippen LogP contribution in [0.15, 0.2) is 0 Å². The van der Waals surface area contributed by atoms with E-state index in [1.165, 1.54) is 0 Å². The number of nitrogens with zero attached hydrogens (tertiary/aromatic N) is 5. The largest absolute Gasteiger partial charge is 0.357 e. The summed E-state index contributed by atoms with van der Waals surface area (Å²) in [6.45, 7) is 0.233. The number of carbonyl (C=O) groups excluding carboxylic acids is 1. The van der Waals surface area contributed by atoms with E-state index in [0.29, 0.717) is 23.9 Å². The number of nitrogens with one attached hydrogen (secondary N) is 2. The lowest BCUT2D eigenvalue weighted by Crippen LogP contribution is -2.37. The van der Waals surface area contributed by atoms with Crippen LogP contribution in [0.1, 0.15) is 12.8 Å². The first-order valence-corrected chi connectivity index (χ1v) is 6.61. The van der Waals surface area contributed by atoms with E-state index in [-0.39, 0.29) is 12.5 Å². The molecule has 110 valence electrons. The van der Waals surface area contributed by atoms with Gasteiger partial charge in [-0.2, -0.15) is 15.0 Å². The second-order valence-corrected chi connectivity index (χ2v) is 5.10. The third kappa shape index (κ3) is 3.69. The lowest BCUT2D eigenvalue weighted by atomic mass is 10.5. The van der Waals surface area contributed by atoms with Gasteiger partial charge in [0.2, 0.25) is 23.8 Å². The summed E-state index contributed by atoms with van der Waals surface area (Å²) in [5.74, 6) is 1.49. The zero-order valence-electron chi connectivity index (χ0n) is 12.3. The van der Waals surface area contributed by atoms with Crippen molar-refractivity contribution < 1.29 is 4.79 Å². The van der Waals surface area contributed by atoms with Gasteiger partial charge in [-0.25, -0.2) is 0 Å². The smallest absolute Gasteiger partial charge is 0.239 e. The summed E-state index contributed by atoms with van der Waals surface area (Å²) in [7, 11) is 7.26. The molecule has 1 aliphatic carbocycles. The summed E-state index contributed by atoms with van der Waals surface area (Å²) in [6.07, 6.45) is 2.16. The van der Waals surface area contributed by atoms with Crippen LogP contribution >= 0.6 is 0 Å². The van der Waals surface area contributed by atoms with E-state index in [9.17, 15) is 4.79 Å². The standard InChI is InChI=1S/C12H21N7O/c1-13-10-15-11(18(2)3)17-12(16-10)19(4)7-9(20)14-8-5-6-8/h8H,5-7H2,1-4H3,(H,14,20)(H,13,15,16,17). The van der Waals surface area contributed by atoms with Gasteiger partial charge in [0.15, 0.2) is 0 Å². The predicted octanol–water partition coefficient (Wildman–Crippen LogP) is -0.306. The summed E-state index contributed by atoms with van der Waals surface area (Å²) in [5, 5.41) is 5.84. The number of anilines is 3. The van der Waals surface area contributed by atoms with Gasteiger partial charge in [0.25, 0.3) is 0 Å². The normalized spacial score (nSPS) is 13.8. The zero-order valence-corrected chi connectivity index (χ0v) is 12.3. The molecule has 1 saturated carbocycles. The SMILES string of the molecule is CNc1nc(N(C)C)nc(N(C)CC(=O)NC2CC2)n1. The molecule has 1 aliphatic rings. The van der Waals surface area contributed by atoms with Crippen LogP contribution in [0.4, 0.5) is 17.8 Å². The lowest BCUT2D eigenvalue weighted by Gasteiger charge is -2.19. The Kier molecular flexibility index (Phi) is 4.21. The minimum absolute atomic E-state index is 0.00665. The molecule has 0 radical (unpaired) electrons. The van der Waals surface area contributed by atoms with Crippen LogP contribution in [0.2, 0.25) is 0 Å². The van der Waals surface area contributed by atoms with Crippen LogP contribution in [-0.4, -0.2) is 61.6 Å². The van der Waals surface area contributed by atoms with Crippen molar-refractivity contribution in [1.29, 1.82) is 0 Å². The van der Waals surface area contributed by atoms with Crippen molar-refractivity contribution in [1.82, 2.24) is 20.3 Å². The number of hydrogen-bond donors (Lipinski definition) is 2. The Morgan fingerprint density at radius 2 is 1.85 bits per heavy atom. The third-order valence-electron chi connectivity index (χ3n) is 2.90. The second-order valence-electron chi connectivity index (χ2n) is 5.10. The van der Waals surface area contributed by atoms with Crippen molar-refractivity contribution in [2.75, 3.05) is 49.9 Å². The molecule has 0 unspecified atom stereocenters. The topological polar surface area (TPSA) is 86.3 Å². The number of hydrogen-bond acceptors (Lipinski definition) is 7. The van der Waals surface area contributed by atoms with E-state index in [1.807, 2.05) is 14.1 Å². The summed E-state index contributed by atoms with van der Waals surface area (Å²) in [6, 6.07) is 0.361. The van der Waals surface area contributed by atoms with E-state index in [0.717, 1.165) is 12.8 Å². The van der Waals surface area contributed by atoms with Crippen molar-refractivity contribution in [2.24, 2.45) is 0 Å². The molecule has 2 rings (SSSR count). The number of aromatic nitrogens is 3. The molecule has 20 heavy (non-hydrogen) atoms. The Balaban J connectivity index is 2.08. The summed E-state index contributed by atoms with van der Waals surface area (Å²) < 4.78 is 0. The Morgan fingerprint density at radius 1 is 1.20 bits per heavy atom. The number of carbonyl (C=O) groups is 1. The molecule has 0 aliphatic heterocycles. The lowest BCUT2D eigenvalue weighted by molar-refractivity contribution is -0.119. The molecule has 0 spiro atoms. The summed E-state index contributed by atoms with van der Waals surface area (Å²) >= 11 is 0. The first-order chi connectivity index (χ1) is 9.49. The molecule has 1 aromatic rings. The molecule has 2 N–H and O–H groups in total. The Bertz CT molecular complexity index is 487. The highest BCUT2D eigenvalue weighted by atomic mass is 16.2. The van der Waals surface area contributed by atoms with Crippen LogP contribution < -0.4 is 20.4 Å². The van der Waals surface area contributed by atoms with Crippen LogP contribution in [0.3, 0.4) is 0 Å². The first-order valence-electron chi connectivity index (χ1n) is 6.61. The fraction of sp³-hybridized carbons (Fsp3) is 0.667. The highest BCUT2D eigenvalue weighted by Crippen LogP contribution is 2.18. The van der Waals surface area contributed by atoms with E-state index >= 15 is 0 Å².